The lowest BCUT2D eigenvalue weighted by molar-refractivity contribution is -0.164. The highest BCUT2D eigenvalue weighted by atomic mass is 16.5. The average molecular weight is 1360 g/mol. The number of ether oxygens (including phenoxy) is 3. The van der Waals surface area contributed by atoms with Crippen molar-refractivity contribution in [3.63, 3.8) is 0 Å². The fourth-order valence-electron chi connectivity index (χ4n) is 11.3. The number of carbonyl (C=O) groups is 12. The van der Waals surface area contributed by atoms with E-state index < -0.39 is 167 Å². The van der Waals surface area contributed by atoms with E-state index in [2.05, 4.69) is 33.2 Å². The number of allylic oxidation sites excluding steroid dienone is 2. The first-order chi connectivity index (χ1) is 44.2. The maximum absolute atomic E-state index is 15.1. The molecule has 27 nitrogen and oxygen atoms in total. The summed E-state index contributed by atoms with van der Waals surface area (Å²) in [4.78, 5) is 177. The van der Waals surface area contributed by atoms with Crippen molar-refractivity contribution in [2.45, 2.75) is 242 Å². The molecule has 0 spiro atoms. The lowest BCUT2D eigenvalue weighted by Gasteiger charge is -2.42. The minimum Gasteiger partial charge on any atom is -0.480 e. The minimum atomic E-state index is -1.56. The molecular weight excluding hydrogens is 1240 g/mol. The zero-order valence-corrected chi connectivity index (χ0v) is 63.0. The minimum absolute atomic E-state index is 0.00205. The van der Waals surface area contributed by atoms with E-state index in [1.165, 1.54) is 87.7 Å². The van der Waals surface area contributed by atoms with Crippen LogP contribution in [0.2, 0.25) is 0 Å². The fraction of sp³-hybridized carbons (Fsp3) is 0.768. The van der Waals surface area contributed by atoms with Gasteiger partial charge in [-0.3, -0.25) is 52.7 Å². The summed E-state index contributed by atoms with van der Waals surface area (Å²) in [6.45, 7) is 36.4. The second kappa shape index (κ2) is 41.3. The summed E-state index contributed by atoms with van der Waals surface area (Å²) in [7, 11) is 11.5. The van der Waals surface area contributed by atoms with Crippen molar-refractivity contribution in [2.24, 2.45) is 35.5 Å². The number of nitrogens with zero attached hydrogens (tertiary/aromatic N) is 6. The second-order valence-electron chi connectivity index (χ2n) is 28.3. The lowest BCUT2D eigenvalue weighted by atomic mass is 9.91. The number of nitrogens with one attached hydrogen (secondary N) is 5. The predicted octanol–water partition coefficient (Wildman–Crippen LogP) is 4.01. The van der Waals surface area contributed by atoms with Crippen molar-refractivity contribution in [3.05, 3.63) is 24.3 Å². The first-order valence-electron chi connectivity index (χ1n) is 33.5. The summed E-state index contributed by atoms with van der Waals surface area (Å²) in [5, 5.41) is 23.5. The number of amides is 10. The Kier molecular flexibility index (Phi) is 38.3. The molecule has 0 aromatic carbocycles. The zero-order chi connectivity index (χ0) is 74.9. The highest BCUT2D eigenvalue weighted by Crippen LogP contribution is 2.27. The zero-order valence-electron chi connectivity index (χ0n) is 63.0. The van der Waals surface area contributed by atoms with Gasteiger partial charge < -0.3 is 75.3 Å². The number of esters is 1. The van der Waals surface area contributed by atoms with Gasteiger partial charge in [0.2, 0.25) is 59.1 Å². The topological polar surface area (TPSA) is 332 Å². The fourth-order valence-corrected chi connectivity index (χ4v) is 11.3. The number of rotatable bonds is 41. The second-order valence-corrected chi connectivity index (χ2v) is 28.3. The van der Waals surface area contributed by atoms with E-state index in [0.29, 0.717) is 6.42 Å². The Labute approximate surface area is 573 Å². The normalized spacial score (nSPS) is 16.2. The van der Waals surface area contributed by atoms with Crippen molar-refractivity contribution in [1.82, 2.24) is 56.0 Å². The molecule has 0 aliphatic rings. The maximum atomic E-state index is 15.1. The molecule has 550 valence electrons. The summed E-state index contributed by atoms with van der Waals surface area (Å²) in [5.74, 6) is -11.3. The van der Waals surface area contributed by atoms with Crippen LogP contribution in [0.5, 0.6) is 0 Å². The number of hydrogen-bond donors (Lipinski definition) is 6. The third-order valence-corrected chi connectivity index (χ3v) is 16.9. The van der Waals surface area contributed by atoms with Crippen molar-refractivity contribution < 1.29 is 76.9 Å². The quantitative estimate of drug-likeness (QED) is 0.0372. The molecule has 0 aromatic rings. The summed E-state index contributed by atoms with van der Waals surface area (Å²) < 4.78 is 17.0. The number of carbonyl (C=O) groups excluding carboxylic acids is 11. The van der Waals surface area contributed by atoms with Gasteiger partial charge in [-0.05, 0) is 123 Å². The molecule has 0 heterocycles. The molecule has 0 aliphatic carbocycles. The summed E-state index contributed by atoms with van der Waals surface area (Å²) in [5.41, 5.74) is -0.326. The van der Waals surface area contributed by atoms with Gasteiger partial charge >= 0.3 is 11.9 Å². The molecule has 14 unspecified atom stereocenters. The molecule has 10 amide bonds. The molecule has 6 N–H and O–H groups in total. The van der Waals surface area contributed by atoms with Crippen molar-refractivity contribution in [3.8, 4) is 0 Å². The molecular formula is C69H123N11O16. The lowest BCUT2D eigenvalue weighted by Crippen LogP contribution is -2.63. The molecule has 0 fully saturated rings. The Morgan fingerprint density at radius 3 is 1.40 bits per heavy atom. The molecule has 0 saturated carbocycles. The molecule has 0 radical (unpaired) electrons. The molecule has 0 aliphatic heterocycles. The Balaban J connectivity index is 7.09. The van der Waals surface area contributed by atoms with Crippen LogP contribution >= 0.6 is 0 Å². The molecule has 14 atom stereocenters. The number of methoxy groups -OCH3 is 1. The van der Waals surface area contributed by atoms with Crippen LogP contribution in [-0.4, -0.2) is 253 Å². The van der Waals surface area contributed by atoms with Crippen LogP contribution < -0.4 is 26.6 Å². The third kappa shape index (κ3) is 27.1. The smallest absolute Gasteiger partial charge is 0.326 e. The molecule has 0 rings (SSSR count). The standard InChI is InChI=1S/C69H123N11O16/c1-29-31-32-43(13)57(96-47(17)81)56(61(85)73-48(30-2)68(92)93)80(27)67(91)54(42(11)12)78(25)65(89)52(35-40(7)8)77(24)64(88)51(34-39(5)6)76(23)62(86)46(16)72-58(82)45(15)71-59(83)50(33-38(3)4)75(22)66(90)53(41(9)10)74-60(84)55(44(14)36-94-28)79(26)63(87)49(70-21)37-95-69(18,19)20/h29,31,38-40,42-46,48-57,70H,9,30,32-37H2,1-8,10-28H3,(H,71,83)(H,72,82)(H,73,85)(H,74,84)(H,92,93). The van der Waals surface area contributed by atoms with E-state index in [-0.39, 0.29) is 62.2 Å². The third-order valence-electron chi connectivity index (χ3n) is 16.9. The first-order valence-corrected chi connectivity index (χ1v) is 33.5. The van der Waals surface area contributed by atoms with Crippen LogP contribution in [0.4, 0.5) is 0 Å². The number of carboxylic acids is 1. The van der Waals surface area contributed by atoms with Crippen molar-refractivity contribution >= 4 is 71.0 Å². The van der Waals surface area contributed by atoms with Gasteiger partial charge in [-0.2, -0.15) is 0 Å². The van der Waals surface area contributed by atoms with Crippen LogP contribution in [0, 0.1) is 35.5 Å². The van der Waals surface area contributed by atoms with E-state index in [1.807, 2.05) is 62.3 Å². The van der Waals surface area contributed by atoms with Gasteiger partial charge in [-0.1, -0.05) is 94.9 Å². The Morgan fingerprint density at radius 2 is 0.969 bits per heavy atom. The van der Waals surface area contributed by atoms with Crippen molar-refractivity contribution in [1.29, 1.82) is 0 Å². The van der Waals surface area contributed by atoms with Gasteiger partial charge in [0.25, 0.3) is 0 Å². The summed E-state index contributed by atoms with van der Waals surface area (Å²) in [6.07, 6.45) is 2.95. The van der Waals surface area contributed by atoms with Crippen LogP contribution in [0.15, 0.2) is 24.3 Å². The van der Waals surface area contributed by atoms with Gasteiger partial charge in [0.15, 0.2) is 0 Å². The highest BCUT2D eigenvalue weighted by molar-refractivity contribution is 5.99. The Morgan fingerprint density at radius 1 is 0.521 bits per heavy atom. The molecule has 0 aromatic heterocycles. The van der Waals surface area contributed by atoms with Crippen molar-refractivity contribution in [2.75, 3.05) is 69.7 Å². The highest BCUT2D eigenvalue weighted by Gasteiger charge is 2.47. The van der Waals surface area contributed by atoms with Crippen LogP contribution in [0.3, 0.4) is 0 Å². The van der Waals surface area contributed by atoms with Gasteiger partial charge in [0.1, 0.15) is 72.6 Å². The largest absolute Gasteiger partial charge is 0.480 e. The number of carboxylic acid groups (broad SMARTS) is 1. The van der Waals surface area contributed by atoms with E-state index >= 15 is 14.4 Å². The average Bonchev–Trinajstić information content (AvgIpc) is 0.805. The number of aliphatic carboxylic acids is 1. The van der Waals surface area contributed by atoms with E-state index in [1.54, 1.807) is 67.7 Å². The predicted molar refractivity (Wildman–Crippen MR) is 368 cm³/mol. The van der Waals surface area contributed by atoms with Gasteiger partial charge in [0, 0.05) is 62.2 Å². The molecule has 96 heavy (non-hydrogen) atoms. The molecule has 0 saturated heterocycles. The van der Waals surface area contributed by atoms with Crippen LogP contribution in [0.25, 0.3) is 0 Å². The molecule has 27 heteroatoms. The van der Waals surface area contributed by atoms with Gasteiger partial charge in [-0.25, -0.2) is 4.79 Å². The Bertz CT molecular complexity index is 2660. The monoisotopic (exact) mass is 1360 g/mol. The van der Waals surface area contributed by atoms with Gasteiger partial charge in [0.05, 0.1) is 18.8 Å². The van der Waals surface area contributed by atoms with E-state index in [0.717, 1.165) is 11.8 Å². The number of likely N-dealkylation sites (N-methyl/N-ethyl adjacent to an activating group) is 7. The maximum Gasteiger partial charge on any atom is 0.326 e. The van der Waals surface area contributed by atoms with Gasteiger partial charge in [-0.15, -0.1) is 0 Å². The van der Waals surface area contributed by atoms with Crippen LogP contribution in [-0.2, 0) is 71.7 Å². The SMILES string of the molecule is C=C(C)C(NC(=O)C(C(C)COC)N(C)C(=O)C(COC(C)(C)C)NC)C(=O)N(C)C(CC(C)C)C(=O)NC(C)C(=O)NC(C)C(=O)N(C)C(CC(C)C)C(=O)N(C)C(CC(C)C)C(=O)N(C)C(C(=O)N(C)C(C(=O)NC(CC)C(=O)O)C(OC(C)=O)C(C)CC=CC)C(C)C. The molecule has 0 bridgehead atoms. The first kappa shape index (κ1) is 89.0. The summed E-state index contributed by atoms with van der Waals surface area (Å²) in [6, 6.07) is -13.7. The Hall–Kier alpha value is -7.00. The number of hydrogen-bond acceptors (Lipinski definition) is 16. The van der Waals surface area contributed by atoms with Crippen LogP contribution in [0.1, 0.15) is 164 Å². The van der Waals surface area contributed by atoms with E-state index in [9.17, 15) is 48.3 Å². The summed E-state index contributed by atoms with van der Waals surface area (Å²) >= 11 is 0. The van der Waals surface area contributed by atoms with E-state index in [4.69, 9.17) is 14.2 Å².